The van der Waals surface area contributed by atoms with Crippen molar-refractivity contribution >= 4 is 23.5 Å². The highest BCUT2D eigenvalue weighted by Gasteiger charge is 2.40. The van der Waals surface area contributed by atoms with Crippen LogP contribution in [0.4, 0.5) is 0 Å². The van der Waals surface area contributed by atoms with Gasteiger partial charge in [0.2, 0.25) is 5.91 Å². The van der Waals surface area contributed by atoms with E-state index >= 15 is 0 Å². The van der Waals surface area contributed by atoms with Crippen LogP contribution in [0.5, 0.6) is 11.5 Å². The second-order valence-electron chi connectivity index (χ2n) is 7.01. The fourth-order valence-corrected chi connectivity index (χ4v) is 3.96. The molecule has 0 unspecified atom stereocenters. The number of carboxylic acids is 1. The van der Waals surface area contributed by atoms with Crippen LogP contribution >= 0.6 is 11.6 Å². The summed E-state index contributed by atoms with van der Waals surface area (Å²) in [5.74, 6) is -0.335. The average molecular weight is 418 g/mol. The van der Waals surface area contributed by atoms with E-state index in [4.69, 9.17) is 21.1 Å². The maximum absolute atomic E-state index is 12.7. The summed E-state index contributed by atoms with van der Waals surface area (Å²) in [6.45, 7) is 0.408. The molecule has 1 saturated heterocycles. The van der Waals surface area contributed by atoms with E-state index in [-0.39, 0.29) is 12.3 Å². The largest absolute Gasteiger partial charge is 0.493 e. The van der Waals surface area contributed by atoms with Crippen LogP contribution in [-0.4, -0.2) is 42.6 Å². The van der Waals surface area contributed by atoms with Crippen LogP contribution in [0.1, 0.15) is 30.0 Å². The number of methoxy groups -OCH3 is 2. The zero-order valence-corrected chi connectivity index (χ0v) is 17.2. The molecule has 1 heterocycles. The number of aliphatic carboxylic acids is 1. The van der Waals surface area contributed by atoms with Crippen molar-refractivity contribution in [3.05, 3.63) is 58.6 Å². The summed E-state index contributed by atoms with van der Waals surface area (Å²) in [4.78, 5) is 26.3. The van der Waals surface area contributed by atoms with Crippen LogP contribution in [0, 0.1) is 5.92 Å². The lowest BCUT2D eigenvalue weighted by molar-refractivity contribution is -0.152. The van der Waals surface area contributed by atoms with Crippen molar-refractivity contribution in [3.63, 3.8) is 0 Å². The fraction of sp³-hybridized carbons (Fsp3) is 0.364. The molecule has 2 aromatic rings. The third kappa shape index (κ3) is 4.65. The minimum absolute atomic E-state index is 0.0390. The SMILES string of the molecule is COc1ccc(CCN2C(=O)CC[C@@H](C(=O)O)[C@@H]2c2ccc(Cl)cc2)cc1OC. The average Bonchev–Trinajstić information content (AvgIpc) is 2.72. The fourth-order valence-electron chi connectivity index (χ4n) is 3.83. The van der Waals surface area contributed by atoms with E-state index in [1.54, 1.807) is 43.4 Å². The summed E-state index contributed by atoms with van der Waals surface area (Å²) >= 11 is 5.99. The highest BCUT2D eigenvalue weighted by atomic mass is 35.5. The normalized spacial score (nSPS) is 19.1. The van der Waals surface area contributed by atoms with E-state index in [1.165, 1.54) is 0 Å². The van der Waals surface area contributed by atoms with Gasteiger partial charge in [0, 0.05) is 18.0 Å². The number of rotatable bonds is 7. The maximum atomic E-state index is 12.7. The van der Waals surface area contributed by atoms with Crippen LogP contribution in [0.25, 0.3) is 0 Å². The number of hydrogen-bond acceptors (Lipinski definition) is 4. The third-order valence-electron chi connectivity index (χ3n) is 5.32. The summed E-state index contributed by atoms with van der Waals surface area (Å²) < 4.78 is 10.6. The van der Waals surface area contributed by atoms with E-state index < -0.39 is 17.9 Å². The number of halogens is 1. The van der Waals surface area contributed by atoms with Gasteiger partial charge in [0.25, 0.3) is 0 Å². The van der Waals surface area contributed by atoms with Gasteiger partial charge in [0.15, 0.2) is 11.5 Å². The molecule has 0 saturated carbocycles. The van der Waals surface area contributed by atoms with Gasteiger partial charge in [-0.1, -0.05) is 29.8 Å². The number of carbonyl (C=O) groups is 2. The molecule has 0 spiro atoms. The van der Waals surface area contributed by atoms with Gasteiger partial charge in [0.1, 0.15) is 0 Å². The van der Waals surface area contributed by atoms with E-state index in [2.05, 4.69) is 0 Å². The first-order valence-corrected chi connectivity index (χ1v) is 9.81. The van der Waals surface area contributed by atoms with Crippen molar-refractivity contribution in [3.8, 4) is 11.5 Å². The molecule has 1 fully saturated rings. The Bertz CT molecular complexity index is 883. The Morgan fingerprint density at radius 3 is 2.45 bits per heavy atom. The van der Waals surface area contributed by atoms with Crippen molar-refractivity contribution in [2.45, 2.75) is 25.3 Å². The zero-order valence-electron chi connectivity index (χ0n) is 16.4. The molecule has 6 nitrogen and oxygen atoms in total. The summed E-state index contributed by atoms with van der Waals surface area (Å²) in [6.07, 6.45) is 1.13. The number of nitrogens with zero attached hydrogens (tertiary/aromatic N) is 1. The van der Waals surface area contributed by atoms with E-state index in [0.717, 1.165) is 11.1 Å². The molecular weight excluding hydrogens is 394 g/mol. The number of piperidine rings is 1. The topological polar surface area (TPSA) is 76.1 Å². The van der Waals surface area contributed by atoms with Gasteiger partial charge in [-0.3, -0.25) is 9.59 Å². The van der Waals surface area contributed by atoms with Crippen LogP contribution in [0.3, 0.4) is 0 Å². The van der Waals surface area contributed by atoms with Crippen LogP contribution in [0.2, 0.25) is 5.02 Å². The molecule has 7 heteroatoms. The minimum atomic E-state index is -0.895. The number of benzene rings is 2. The van der Waals surface area contributed by atoms with Gasteiger partial charge < -0.3 is 19.5 Å². The smallest absolute Gasteiger partial charge is 0.308 e. The summed E-state index contributed by atoms with van der Waals surface area (Å²) in [6, 6.07) is 12.1. The van der Waals surface area contributed by atoms with Gasteiger partial charge in [-0.15, -0.1) is 0 Å². The molecule has 1 N–H and O–H groups in total. The van der Waals surface area contributed by atoms with Crippen LogP contribution in [0.15, 0.2) is 42.5 Å². The van der Waals surface area contributed by atoms with Gasteiger partial charge >= 0.3 is 5.97 Å². The van der Waals surface area contributed by atoms with Crippen LogP contribution in [-0.2, 0) is 16.0 Å². The quantitative estimate of drug-likeness (QED) is 0.737. The molecule has 1 aliphatic rings. The standard InChI is InChI=1S/C22H24ClNO5/c1-28-18-9-3-14(13-19(18)29-2)11-12-24-20(25)10-8-17(22(26)27)21(24)15-4-6-16(23)7-5-15/h3-7,9,13,17,21H,8,10-12H2,1-2H3,(H,26,27)/t17-,21+/m1/s1. The predicted molar refractivity (Wildman–Crippen MR) is 110 cm³/mol. The molecule has 0 bridgehead atoms. The lowest BCUT2D eigenvalue weighted by Gasteiger charge is -2.40. The number of ether oxygens (including phenoxy) is 2. The van der Waals surface area contributed by atoms with Crippen molar-refractivity contribution in [2.24, 2.45) is 5.92 Å². The maximum Gasteiger partial charge on any atom is 0.308 e. The predicted octanol–water partition coefficient (Wildman–Crippen LogP) is 3.96. The van der Waals surface area contributed by atoms with Crippen molar-refractivity contribution in [1.82, 2.24) is 4.90 Å². The first-order chi connectivity index (χ1) is 13.9. The highest BCUT2D eigenvalue weighted by Crippen LogP contribution is 2.37. The molecule has 0 aromatic heterocycles. The number of hydrogen-bond donors (Lipinski definition) is 1. The van der Waals surface area contributed by atoms with E-state index in [0.29, 0.717) is 35.9 Å². The molecule has 0 radical (unpaired) electrons. The van der Waals surface area contributed by atoms with Crippen molar-refractivity contribution in [2.75, 3.05) is 20.8 Å². The summed E-state index contributed by atoms with van der Waals surface area (Å²) in [7, 11) is 3.15. The molecule has 1 aliphatic heterocycles. The van der Waals surface area contributed by atoms with Crippen molar-refractivity contribution < 1.29 is 24.2 Å². The third-order valence-corrected chi connectivity index (χ3v) is 5.58. The Morgan fingerprint density at radius 2 is 1.83 bits per heavy atom. The van der Waals surface area contributed by atoms with E-state index in [1.807, 2.05) is 18.2 Å². The minimum Gasteiger partial charge on any atom is -0.493 e. The second kappa shape index (κ2) is 9.18. The van der Waals surface area contributed by atoms with Gasteiger partial charge in [-0.25, -0.2) is 0 Å². The Labute approximate surface area is 175 Å². The number of likely N-dealkylation sites (tertiary alicyclic amines) is 1. The molecule has 2 aromatic carbocycles. The molecule has 3 rings (SSSR count). The van der Waals surface area contributed by atoms with Gasteiger partial charge in [-0.05, 0) is 48.2 Å². The van der Waals surface area contributed by atoms with Crippen molar-refractivity contribution in [1.29, 1.82) is 0 Å². The molecular formula is C22H24ClNO5. The van der Waals surface area contributed by atoms with Crippen LogP contribution < -0.4 is 9.47 Å². The monoisotopic (exact) mass is 417 g/mol. The molecule has 29 heavy (non-hydrogen) atoms. The summed E-state index contributed by atoms with van der Waals surface area (Å²) in [5, 5.41) is 10.3. The Hall–Kier alpha value is -2.73. The number of amides is 1. The van der Waals surface area contributed by atoms with E-state index in [9.17, 15) is 14.7 Å². The summed E-state index contributed by atoms with van der Waals surface area (Å²) in [5.41, 5.74) is 1.75. The first kappa shape index (κ1) is 21.0. The molecule has 154 valence electrons. The highest BCUT2D eigenvalue weighted by molar-refractivity contribution is 6.30. The Kier molecular flexibility index (Phi) is 6.64. The van der Waals surface area contributed by atoms with Gasteiger partial charge in [-0.2, -0.15) is 0 Å². The first-order valence-electron chi connectivity index (χ1n) is 9.43. The lowest BCUT2D eigenvalue weighted by Crippen LogP contribution is -2.46. The molecule has 0 aliphatic carbocycles. The number of carboxylic acid groups (broad SMARTS) is 1. The Balaban J connectivity index is 1.86. The molecule has 1 amide bonds. The number of carbonyl (C=O) groups excluding carboxylic acids is 1. The van der Waals surface area contributed by atoms with Gasteiger partial charge in [0.05, 0.1) is 26.2 Å². The molecule has 2 atom stereocenters. The Morgan fingerprint density at radius 1 is 1.14 bits per heavy atom. The second-order valence-corrected chi connectivity index (χ2v) is 7.44. The zero-order chi connectivity index (χ0) is 21.0. The lowest BCUT2D eigenvalue weighted by atomic mass is 9.84.